The molecule has 1 aromatic carbocycles. The number of carbonyl (C=O) groups excluding carboxylic acids is 2. The molecule has 2 aliphatic heterocycles. The maximum atomic E-state index is 12.7. The standard InChI is InChI=1S/C15H13NO5S/c17-14-10-8-6-9(11(10)15(18)21-14)13-12(8)16(13)22(19,20)7-4-2-1-3-5-7/h1-5,8-13H,6H2/t8-,9-,10-,11-,12+,13+/m1/s1. The third-order valence-corrected chi connectivity index (χ3v) is 7.55. The molecule has 6 nitrogen and oxygen atoms in total. The predicted octanol–water partition coefficient (Wildman–Crippen LogP) is 0.394. The van der Waals surface area contributed by atoms with Gasteiger partial charge in [0.15, 0.2) is 0 Å². The fourth-order valence-electron chi connectivity index (χ4n) is 4.89. The predicted molar refractivity (Wildman–Crippen MR) is 72.7 cm³/mol. The smallest absolute Gasteiger partial charge is 0.317 e. The van der Waals surface area contributed by atoms with Gasteiger partial charge in [-0.1, -0.05) is 18.2 Å². The number of sulfonamides is 1. The quantitative estimate of drug-likeness (QED) is 0.448. The highest BCUT2D eigenvalue weighted by molar-refractivity contribution is 7.89. The van der Waals surface area contributed by atoms with Crippen molar-refractivity contribution in [3.63, 3.8) is 0 Å². The highest BCUT2D eigenvalue weighted by Crippen LogP contribution is 2.66. The van der Waals surface area contributed by atoms with Crippen molar-refractivity contribution in [3.05, 3.63) is 30.3 Å². The van der Waals surface area contributed by atoms with Crippen molar-refractivity contribution in [2.45, 2.75) is 23.4 Å². The van der Waals surface area contributed by atoms with Crippen LogP contribution in [-0.2, 0) is 24.3 Å². The SMILES string of the molecule is O=C1OC(=O)[C@@H]2[C@H]3C[C@H]([C@@H]12)[C@H]1[C@H]3N1S(=O)(=O)c1ccccc1. The summed E-state index contributed by atoms with van der Waals surface area (Å²) in [6, 6.07) is 8.01. The molecular weight excluding hydrogens is 306 g/mol. The van der Waals surface area contributed by atoms with Crippen molar-refractivity contribution in [1.82, 2.24) is 4.31 Å². The number of cyclic esters (lactones) is 2. The largest absolute Gasteiger partial charge is 0.393 e. The third-order valence-electron chi connectivity index (χ3n) is 5.64. The zero-order valence-corrected chi connectivity index (χ0v) is 12.3. The molecule has 0 unspecified atom stereocenters. The summed E-state index contributed by atoms with van der Waals surface area (Å²) in [7, 11) is -3.55. The molecule has 0 N–H and O–H groups in total. The molecule has 2 aliphatic carbocycles. The van der Waals surface area contributed by atoms with Crippen molar-refractivity contribution in [1.29, 1.82) is 0 Å². The Morgan fingerprint density at radius 2 is 1.50 bits per heavy atom. The first-order chi connectivity index (χ1) is 10.5. The Bertz CT molecular complexity index is 772. The molecule has 6 atom stereocenters. The molecule has 2 saturated heterocycles. The Balaban J connectivity index is 1.52. The Labute approximate surface area is 127 Å². The second-order valence-electron chi connectivity index (χ2n) is 6.48. The molecule has 7 heteroatoms. The minimum Gasteiger partial charge on any atom is -0.393 e. The van der Waals surface area contributed by atoms with Gasteiger partial charge in [-0.3, -0.25) is 9.59 Å². The summed E-state index contributed by atoms with van der Waals surface area (Å²) in [4.78, 5) is 23.9. The second kappa shape index (κ2) is 3.78. The van der Waals surface area contributed by atoms with Gasteiger partial charge in [0.2, 0.25) is 10.0 Å². The lowest BCUT2D eigenvalue weighted by Crippen LogP contribution is -2.29. The first-order valence-corrected chi connectivity index (χ1v) is 8.80. The molecule has 0 radical (unpaired) electrons. The van der Waals surface area contributed by atoms with Crippen LogP contribution >= 0.6 is 0 Å². The molecule has 2 saturated carbocycles. The molecule has 0 spiro atoms. The lowest BCUT2D eigenvalue weighted by Gasteiger charge is -2.15. The summed E-state index contributed by atoms with van der Waals surface area (Å²) < 4.78 is 31.7. The lowest BCUT2D eigenvalue weighted by molar-refractivity contribution is -0.155. The first-order valence-electron chi connectivity index (χ1n) is 7.36. The van der Waals surface area contributed by atoms with Crippen molar-refractivity contribution in [2.75, 3.05) is 0 Å². The fourth-order valence-corrected chi connectivity index (χ4v) is 6.78. The average molecular weight is 319 g/mol. The van der Waals surface area contributed by atoms with Crippen LogP contribution in [0.2, 0.25) is 0 Å². The molecule has 114 valence electrons. The van der Waals surface area contributed by atoms with Crippen LogP contribution in [0.5, 0.6) is 0 Å². The molecule has 0 aromatic heterocycles. The number of ether oxygens (including phenoxy) is 1. The minimum absolute atomic E-state index is 0.0718. The molecule has 2 heterocycles. The summed E-state index contributed by atoms with van der Waals surface area (Å²) >= 11 is 0. The summed E-state index contributed by atoms with van der Waals surface area (Å²) in [5.74, 6) is -1.95. The van der Waals surface area contributed by atoms with Gasteiger partial charge in [-0.15, -0.1) is 0 Å². The highest BCUT2D eigenvalue weighted by atomic mass is 32.2. The van der Waals surface area contributed by atoms with Gasteiger partial charge >= 0.3 is 11.9 Å². The van der Waals surface area contributed by atoms with Crippen LogP contribution in [0.4, 0.5) is 0 Å². The zero-order valence-electron chi connectivity index (χ0n) is 11.5. The number of esters is 2. The summed E-state index contributed by atoms with van der Waals surface area (Å²) in [5, 5.41) is 0. The lowest BCUT2D eigenvalue weighted by atomic mass is 9.81. The van der Waals surface area contributed by atoms with E-state index < -0.39 is 33.8 Å². The van der Waals surface area contributed by atoms with E-state index in [1.165, 1.54) is 4.31 Å². The van der Waals surface area contributed by atoms with Gasteiger partial charge in [-0.05, 0) is 30.4 Å². The Morgan fingerprint density at radius 1 is 0.955 bits per heavy atom. The third kappa shape index (κ3) is 1.32. The van der Waals surface area contributed by atoms with Crippen molar-refractivity contribution >= 4 is 22.0 Å². The normalized spacial score (nSPS) is 44.6. The molecular formula is C15H13NO5S. The second-order valence-corrected chi connectivity index (χ2v) is 8.33. The molecule has 0 amide bonds. The van der Waals surface area contributed by atoms with Crippen molar-refractivity contribution in [3.8, 4) is 0 Å². The van der Waals surface area contributed by atoms with Crippen LogP contribution in [0.1, 0.15) is 6.42 Å². The Morgan fingerprint density at radius 3 is 2.05 bits per heavy atom. The molecule has 4 fully saturated rings. The highest BCUT2D eigenvalue weighted by Gasteiger charge is 2.78. The van der Waals surface area contributed by atoms with Gasteiger partial charge in [0.05, 0.1) is 16.7 Å². The van der Waals surface area contributed by atoms with Crippen molar-refractivity contribution < 1.29 is 22.7 Å². The van der Waals surface area contributed by atoms with E-state index in [9.17, 15) is 18.0 Å². The van der Waals surface area contributed by atoms with Gasteiger partial charge in [-0.25, -0.2) is 8.42 Å². The van der Waals surface area contributed by atoms with E-state index in [0.717, 1.165) is 6.42 Å². The topological polar surface area (TPSA) is 80.5 Å². The van der Waals surface area contributed by atoms with Gasteiger partial charge in [0.1, 0.15) is 0 Å². The molecule has 5 rings (SSSR count). The first kappa shape index (κ1) is 12.8. The number of nitrogens with zero attached hydrogens (tertiary/aromatic N) is 1. The Kier molecular flexibility index (Phi) is 2.19. The van der Waals surface area contributed by atoms with Crippen LogP contribution in [0.15, 0.2) is 35.2 Å². The minimum atomic E-state index is -3.55. The number of benzene rings is 1. The maximum Gasteiger partial charge on any atom is 0.317 e. The number of rotatable bonds is 2. The monoisotopic (exact) mass is 319 g/mol. The zero-order chi connectivity index (χ0) is 15.2. The molecule has 4 aliphatic rings. The van der Waals surface area contributed by atoms with Gasteiger partial charge < -0.3 is 4.74 Å². The van der Waals surface area contributed by atoms with Gasteiger partial charge in [0.25, 0.3) is 0 Å². The van der Waals surface area contributed by atoms with E-state index >= 15 is 0 Å². The number of hydrogen-bond donors (Lipinski definition) is 0. The van der Waals surface area contributed by atoms with E-state index in [2.05, 4.69) is 0 Å². The van der Waals surface area contributed by atoms with Crippen LogP contribution in [-0.4, -0.2) is 36.7 Å². The fraction of sp³-hybridized carbons (Fsp3) is 0.467. The van der Waals surface area contributed by atoms with Crippen LogP contribution in [0.25, 0.3) is 0 Å². The van der Waals surface area contributed by atoms with E-state index in [-0.39, 0.29) is 28.8 Å². The van der Waals surface area contributed by atoms with E-state index in [4.69, 9.17) is 4.74 Å². The Hall–Kier alpha value is -1.73. The number of hydrogen-bond acceptors (Lipinski definition) is 5. The van der Waals surface area contributed by atoms with Gasteiger partial charge in [-0.2, -0.15) is 4.31 Å². The van der Waals surface area contributed by atoms with Crippen LogP contribution in [0, 0.1) is 23.7 Å². The van der Waals surface area contributed by atoms with E-state index in [0.29, 0.717) is 0 Å². The summed E-state index contributed by atoms with van der Waals surface area (Å²) in [5.41, 5.74) is 0. The van der Waals surface area contributed by atoms with Crippen LogP contribution in [0.3, 0.4) is 0 Å². The molecule has 2 bridgehead atoms. The van der Waals surface area contributed by atoms with E-state index in [1.54, 1.807) is 30.3 Å². The maximum absolute atomic E-state index is 12.7. The van der Waals surface area contributed by atoms with Gasteiger partial charge in [0, 0.05) is 12.1 Å². The van der Waals surface area contributed by atoms with E-state index in [1.807, 2.05) is 0 Å². The molecule has 22 heavy (non-hydrogen) atoms. The number of fused-ring (bicyclic) bond motifs is 8. The number of carbonyl (C=O) groups is 2. The van der Waals surface area contributed by atoms with Crippen LogP contribution < -0.4 is 0 Å². The summed E-state index contributed by atoms with van der Waals surface area (Å²) in [6.07, 6.45) is 0.756. The average Bonchev–Trinajstić information content (AvgIpc) is 2.85. The van der Waals surface area contributed by atoms with Crippen molar-refractivity contribution in [2.24, 2.45) is 23.7 Å². The summed E-state index contributed by atoms with van der Waals surface area (Å²) in [6.45, 7) is 0. The molecule has 1 aromatic rings. The number of piperidine rings is 1.